The number of benzene rings is 2. The molecule has 1 aliphatic heterocycles. The van der Waals surface area contributed by atoms with Crippen LogP contribution in [-0.4, -0.2) is 27.2 Å². The lowest BCUT2D eigenvalue weighted by Gasteiger charge is -2.38. The molecule has 3 aromatic rings. The van der Waals surface area contributed by atoms with Crippen LogP contribution < -0.4 is 10.5 Å². The highest BCUT2D eigenvalue weighted by molar-refractivity contribution is 5.60. The SMILES string of the molecule is Cc1ccc(N2CN(C3CC3)Cn3c2nc(C)c(Cc2ccccc2)c3=O)cc1C. The molecule has 0 atom stereocenters. The van der Waals surface area contributed by atoms with Gasteiger partial charge in [0.2, 0.25) is 5.95 Å². The van der Waals surface area contributed by atoms with Gasteiger partial charge in [-0.2, -0.15) is 0 Å². The van der Waals surface area contributed by atoms with Crippen molar-refractivity contribution in [2.45, 2.75) is 52.7 Å². The van der Waals surface area contributed by atoms with Gasteiger partial charge >= 0.3 is 0 Å². The van der Waals surface area contributed by atoms with E-state index in [0.29, 0.717) is 19.1 Å². The van der Waals surface area contributed by atoms with Crippen molar-refractivity contribution in [2.24, 2.45) is 0 Å². The van der Waals surface area contributed by atoms with Gasteiger partial charge in [-0.1, -0.05) is 36.4 Å². The lowest BCUT2D eigenvalue weighted by molar-refractivity contribution is 0.188. The van der Waals surface area contributed by atoms with Crippen molar-refractivity contribution >= 4 is 11.6 Å². The number of anilines is 2. The molecule has 2 aliphatic rings. The summed E-state index contributed by atoms with van der Waals surface area (Å²) in [7, 11) is 0. The highest BCUT2D eigenvalue weighted by Crippen LogP contribution is 2.34. The number of fused-ring (bicyclic) bond motifs is 1. The minimum Gasteiger partial charge on any atom is -0.298 e. The molecule has 0 radical (unpaired) electrons. The van der Waals surface area contributed by atoms with Crippen LogP contribution in [-0.2, 0) is 13.1 Å². The highest BCUT2D eigenvalue weighted by Gasteiger charge is 2.36. The molecule has 154 valence electrons. The molecular weight excluding hydrogens is 372 g/mol. The van der Waals surface area contributed by atoms with Gasteiger partial charge in [0, 0.05) is 23.7 Å². The predicted octanol–water partition coefficient (Wildman–Crippen LogP) is 4.29. The van der Waals surface area contributed by atoms with E-state index in [1.807, 2.05) is 29.7 Å². The molecule has 2 heterocycles. The van der Waals surface area contributed by atoms with Gasteiger partial charge in [-0.05, 0) is 62.4 Å². The van der Waals surface area contributed by atoms with Gasteiger partial charge in [-0.25, -0.2) is 4.98 Å². The average Bonchev–Trinajstić information content (AvgIpc) is 3.59. The van der Waals surface area contributed by atoms with Crippen LogP contribution in [0.4, 0.5) is 11.6 Å². The Morgan fingerprint density at radius 2 is 1.73 bits per heavy atom. The zero-order chi connectivity index (χ0) is 20.8. The van der Waals surface area contributed by atoms with Crippen LogP contribution in [0.2, 0.25) is 0 Å². The molecule has 2 aromatic carbocycles. The van der Waals surface area contributed by atoms with Crippen molar-refractivity contribution in [3.63, 3.8) is 0 Å². The van der Waals surface area contributed by atoms with Crippen LogP contribution >= 0.6 is 0 Å². The second-order valence-corrected chi connectivity index (χ2v) is 8.67. The third-order valence-electron chi connectivity index (χ3n) is 6.43. The van der Waals surface area contributed by atoms with Gasteiger partial charge in [0.15, 0.2) is 0 Å². The topological polar surface area (TPSA) is 41.4 Å². The Morgan fingerprint density at radius 1 is 0.967 bits per heavy atom. The average molecular weight is 401 g/mol. The molecule has 0 saturated heterocycles. The van der Waals surface area contributed by atoms with Crippen LogP contribution in [0.5, 0.6) is 0 Å². The fourth-order valence-electron chi connectivity index (χ4n) is 4.26. The lowest BCUT2D eigenvalue weighted by Crippen LogP contribution is -2.48. The first kappa shape index (κ1) is 19.1. The first-order valence-electron chi connectivity index (χ1n) is 10.7. The van der Waals surface area contributed by atoms with Crippen molar-refractivity contribution in [1.29, 1.82) is 0 Å². The van der Waals surface area contributed by atoms with E-state index < -0.39 is 0 Å². The Hall–Kier alpha value is -2.92. The Labute approximate surface area is 177 Å². The lowest BCUT2D eigenvalue weighted by atomic mass is 10.0. The number of aryl methyl sites for hydroxylation is 3. The highest BCUT2D eigenvalue weighted by atomic mass is 16.1. The number of nitrogens with zero attached hydrogens (tertiary/aromatic N) is 4. The van der Waals surface area contributed by atoms with Crippen molar-refractivity contribution in [3.8, 4) is 0 Å². The van der Waals surface area contributed by atoms with E-state index in [9.17, 15) is 4.79 Å². The quantitative estimate of drug-likeness (QED) is 0.655. The van der Waals surface area contributed by atoms with Gasteiger partial charge in [-0.15, -0.1) is 0 Å². The Bertz CT molecular complexity index is 1150. The fraction of sp³-hybridized carbons (Fsp3) is 0.360. The van der Waals surface area contributed by atoms with Crippen molar-refractivity contribution < 1.29 is 0 Å². The minimum absolute atomic E-state index is 0.0838. The maximum absolute atomic E-state index is 13.6. The largest absolute Gasteiger partial charge is 0.298 e. The number of rotatable bonds is 4. The van der Waals surface area contributed by atoms with E-state index in [2.05, 4.69) is 54.0 Å². The van der Waals surface area contributed by atoms with Gasteiger partial charge in [0.05, 0.1) is 19.0 Å². The molecule has 5 rings (SSSR count). The number of hydrogen-bond donors (Lipinski definition) is 0. The van der Waals surface area contributed by atoms with Gasteiger partial charge in [0.1, 0.15) is 0 Å². The summed E-state index contributed by atoms with van der Waals surface area (Å²) in [5, 5.41) is 0. The van der Waals surface area contributed by atoms with Crippen LogP contribution in [0.1, 0.15) is 40.8 Å². The molecule has 0 N–H and O–H groups in total. The molecule has 0 spiro atoms. The molecule has 5 heteroatoms. The molecule has 5 nitrogen and oxygen atoms in total. The van der Waals surface area contributed by atoms with E-state index >= 15 is 0 Å². The van der Waals surface area contributed by atoms with Crippen molar-refractivity contribution in [2.75, 3.05) is 11.6 Å². The summed E-state index contributed by atoms with van der Waals surface area (Å²) in [6, 6.07) is 17.2. The third kappa shape index (κ3) is 3.43. The summed E-state index contributed by atoms with van der Waals surface area (Å²) >= 11 is 0. The molecule has 1 saturated carbocycles. The van der Waals surface area contributed by atoms with Crippen LogP contribution in [0.3, 0.4) is 0 Å². The molecule has 0 unspecified atom stereocenters. The number of hydrogen-bond acceptors (Lipinski definition) is 4. The van der Waals surface area contributed by atoms with Gasteiger partial charge in [0.25, 0.3) is 5.56 Å². The van der Waals surface area contributed by atoms with Crippen molar-refractivity contribution in [1.82, 2.24) is 14.5 Å². The molecule has 30 heavy (non-hydrogen) atoms. The molecule has 1 aliphatic carbocycles. The monoisotopic (exact) mass is 400 g/mol. The number of aromatic nitrogens is 2. The zero-order valence-electron chi connectivity index (χ0n) is 17.9. The standard InChI is InChI=1S/C25H28N4O/c1-17-9-10-22(13-18(17)2)28-15-27(21-11-12-21)16-29-24(30)23(19(3)26-25(28)29)14-20-7-5-4-6-8-20/h4-10,13,21H,11-12,14-16H2,1-3H3. The Kier molecular flexibility index (Phi) is 4.70. The first-order chi connectivity index (χ1) is 14.5. The molecule has 1 aromatic heterocycles. The normalized spacial score (nSPS) is 16.6. The summed E-state index contributed by atoms with van der Waals surface area (Å²) in [5.41, 5.74) is 6.46. The molecule has 0 bridgehead atoms. The summed E-state index contributed by atoms with van der Waals surface area (Å²) in [5.74, 6) is 0.759. The van der Waals surface area contributed by atoms with E-state index in [4.69, 9.17) is 4.98 Å². The maximum Gasteiger partial charge on any atom is 0.259 e. The second kappa shape index (κ2) is 7.40. The van der Waals surface area contributed by atoms with Crippen LogP contribution in [0.15, 0.2) is 53.3 Å². The van der Waals surface area contributed by atoms with Gasteiger partial charge in [-0.3, -0.25) is 19.2 Å². The van der Waals surface area contributed by atoms with Crippen LogP contribution in [0.25, 0.3) is 0 Å². The zero-order valence-corrected chi connectivity index (χ0v) is 17.9. The van der Waals surface area contributed by atoms with E-state index in [1.165, 1.54) is 24.0 Å². The third-order valence-corrected chi connectivity index (χ3v) is 6.43. The molecular formula is C25H28N4O. The summed E-state index contributed by atoms with van der Waals surface area (Å²) < 4.78 is 1.88. The van der Waals surface area contributed by atoms with E-state index in [-0.39, 0.29) is 5.56 Å². The summed E-state index contributed by atoms with van der Waals surface area (Å²) in [6.07, 6.45) is 3.04. The van der Waals surface area contributed by atoms with E-state index in [1.54, 1.807) is 0 Å². The van der Waals surface area contributed by atoms with E-state index in [0.717, 1.165) is 35.1 Å². The first-order valence-corrected chi connectivity index (χ1v) is 10.7. The predicted molar refractivity (Wildman–Crippen MR) is 120 cm³/mol. The summed E-state index contributed by atoms with van der Waals surface area (Å²) in [4.78, 5) is 23.2. The fourth-order valence-corrected chi connectivity index (χ4v) is 4.26. The van der Waals surface area contributed by atoms with Gasteiger partial charge < -0.3 is 0 Å². The Morgan fingerprint density at radius 3 is 2.43 bits per heavy atom. The van der Waals surface area contributed by atoms with Crippen LogP contribution in [0, 0.1) is 20.8 Å². The second-order valence-electron chi connectivity index (χ2n) is 8.67. The maximum atomic E-state index is 13.6. The molecule has 0 amide bonds. The minimum atomic E-state index is 0.0838. The Balaban J connectivity index is 1.61. The van der Waals surface area contributed by atoms with Crippen molar-refractivity contribution in [3.05, 3.63) is 86.8 Å². The molecule has 1 fully saturated rings. The smallest absolute Gasteiger partial charge is 0.259 e. The summed E-state index contributed by atoms with van der Waals surface area (Å²) in [6.45, 7) is 7.62.